The third-order valence-corrected chi connectivity index (χ3v) is 2.47. The van der Waals surface area contributed by atoms with Crippen molar-refractivity contribution in [2.75, 3.05) is 0 Å². The summed E-state index contributed by atoms with van der Waals surface area (Å²) in [6.07, 6.45) is 0.740. The molecule has 0 spiro atoms. The lowest BCUT2D eigenvalue weighted by molar-refractivity contribution is -0.441. The van der Waals surface area contributed by atoms with Gasteiger partial charge in [-0.05, 0) is 6.42 Å². The monoisotopic (exact) mass is 254 g/mol. The van der Waals surface area contributed by atoms with Gasteiger partial charge in [0.15, 0.2) is 0 Å². The Bertz CT molecular complexity index is 270. The Morgan fingerprint density at radius 3 is 1.82 bits per heavy atom. The first-order valence-corrected chi connectivity index (χ1v) is 5.08. The molecule has 0 aliphatic heterocycles. The molecule has 0 aliphatic rings. The van der Waals surface area contributed by atoms with Crippen molar-refractivity contribution in [3.05, 3.63) is 0 Å². The third-order valence-electron chi connectivity index (χ3n) is 2.47. The minimum Gasteiger partial charge on any atom is -0.477 e. The maximum absolute atomic E-state index is 10.4. The normalized spacial score (nSPS) is 13.8. The number of carboxylic acid groups (broad SMARTS) is 1. The van der Waals surface area contributed by atoms with Crippen molar-refractivity contribution < 1.29 is 40.5 Å². The Labute approximate surface area is 97.4 Å². The van der Waals surface area contributed by atoms with Crippen molar-refractivity contribution in [1.82, 2.24) is 0 Å². The van der Waals surface area contributed by atoms with E-state index in [-0.39, 0.29) is 6.42 Å². The molecule has 0 radical (unpaired) electrons. The van der Waals surface area contributed by atoms with E-state index in [1.54, 1.807) is 6.92 Å². The molecule has 7 N–H and O–H groups in total. The first-order chi connectivity index (χ1) is 7.50. The molecule has 0 bridgehead atoms. The highest BCUT2D eigenvalue weighted by Gasteiger charge is 2.65. The zero-order valence-electron chi connectivity index (χ0n) is 9.37. The van der Waals surface area contributed by atoms with E-state index in [1.165, 1.54) is 0 Å². The minimum atomic E-state index is -4.09. The Balaban J connectivity index is 4.95. The Kier molecular flexibility index (Phi) is 5.02. The fourth-order valence-electron chi connectivity index (χ4n) is 1.22. The maximum Gasteiger partial charge on any atom is 0.370 e. The second-order valence-electron chi connectivity index (χ2n) is 3.92. The van der Waals surface area contributed by atoms with Crippen LogP contribution in [0.15, 0.2) is 0 Å². The van der Waals surface area contributed by atoms with E-state index in [1.807, 2.05) is 0 Å². The number of hydrogen-bond donors (Lipinski definition) is 7. The zero-order valence-corrected chi connectivity index (χ0v) is 9.37. The van der Waals surface area contributed by atoms with E-state index in [0.717, 1.165) is 0 Å². The van der Waals surface area contributed by atoms with Crippen molar-refractivity contribution in [2.24, 2.45) is 0 Å². The average molecular weight is 254 g/mol. The number of hydrogen-bond acceptors (Lipinski definition) is 7. The molecule has 0 heterocycles. The number of carbonyl (C=O) groups is 1. The van der Waals surface area contributed by atoms with E-state index in [4.69, 9.17) is 15.3 Å². The maximum atomic E-state index is 10.4. The van der Waals surface area contributed by atoms with Gasteiger partial charge >= 0.3 is 11.8 Å². The van der Waals surface area contributed by atoms with Gasteiger partial charge in [0.25, 0.3) is 5.79 Å². The quantitative estimate of drug-likeness (QED) is 0.197. The zero-order chi connectivity index (χ0) is 13.9. The van der Waals surface area contributed by atoms with Gasteiger partial charge in [0.1, 0.15) is 0 Å². The van der Waals surface area contributed by atoms with Crippen molar-refractivity contribution in [3.63, 3.8) is 0 Å². The molecule has 0 aromatic carbocycles. The molecule has 8 nitrogen and oxygen atoms in total. The van der Waals surface area contributed by atoms with Crippen molar-refractivity contribution in [2.45, 2.75) is 50.0 Å². The number of unbranched alkanes of at least 4 members (excludes halogenated alkanes) is 2. The van der Waals surface area contributed by atoms with E-state index in [9.17, 15) is 25.2 Å². The average Bonchev–Trinajstić information content (AvgIpc) is 2.17. The van der Waals surface area contributed by atoms with Crippen LogP contribution < -0.4 is 0 Å². The summed E-state index contributed by atoms with van der Waals surface area (Å²) in [5.41, 5.74) is 0. The molecule has 0 saturated carbocycles. The minimum absolute atomic E-state index is 0.141. The number of carboxylic acids is 1. The molecule has 0 aromatic heterocycles. The summed E-state index contributed by atoms with van der Waals surface area (Å²) in [5.74, 6) is -13.9. The number of aliphatic carboxylic acids is 1. The molecular formula is C9H18O8. The van der Waals surface area contributed by atoms with Crippen LogP contribution in [0.3, 0.4) is 0 Å². The first kappa shape index (κ1) is 16.2. The molecule has 0 amide bonds. The SMILES string of the molecule is CCCCCC(O)(O)C(O)(O)C(O)(O)C(=O)O. The summed E-state index contributed by atoms with van der Waals surface area (Å²) < 4.78 is 0. The van der Waals surface area contributed by atoms with Crippen molar-refractivity contribution >= 4 is 5.97 Å². The van der Waals surface area contributed by atoms with Gasteiger partial charge in [-0.1, -0.05) is 19.8 Å². The van der Waals surface area contributed by atoms with Crippen LogP contribution in [0.25, 0.3) is 0 Å². The van der Waals surface area contributed by atoms with Crippen LogP contribution in [-0.2, 0) is 4.79 Å². The van der Waals surface area contributed by atoms with Crippen LogP contribution in [0.4, 0.5) is 0 Å². The third kappa shape index (κ3) is 3.12. The molecule has 8 heteroatoms. The van der Waals surface area contributed by atoms with Crippen LogP contribution in [0, 0.1) is 0 Å². The fraction of sp³-hybridized carbons (Fsp3) is 0.889. The predicted octanol–water partition coefficient (Wildman–Crippen LogP) is -2.31. The van der Waals surface area contributed by atoms with Gasteiger partial charge in [-0.25, -0.2) is 4.79 Å². The lowest BCUT2D eigenvalue weighted by Gasteiger charge is -2.40. The smallest absolute Gasteiger partial charge is 0.370 e. The van der Waals surface area contributed by atoms with Crippen molar-refractivity contribution in [1.29, 1.82) is 0 Å². The van der Waals surface area contributed by atoms with E-state index in [2.05, 4.69) is 0 Å². The largest absolute Gasteiger partial charge is 0.477 e. The summed E-state index contributed by atoms with van der Waals surface area (Å²) in [4.78, 5) is 10.4. The molecule has 0 unspecified atom stereocenters. The molecule has 0 saturated heterocycles. The molecule has 0 atom stereocenters. The second kappa shape index (κ2) is 5.25. The molecule has 102 valence electrons. The van der Waals surface area contributed by atoms with Crippen LogP contribution in [0.2, 0.25) is 0 Å². The molecule has 0 rings (SSSR count). The van der Waals surface area contributed by atoms with E-state index < -0.39 is 29.8 Å². The molecule has 17 heavy (non-hydrogen) atoms. The van der Waals surface area contributed by atoms with Gasteiger partial charge in [-0.2, -0.15) is 0 Å². The first-order valence-electron chi connectivity index (χ1n) is 5.08. The van der Waals surface area contributed by atoms with Crippen LogP contribution in [0.1, 0.15) is 32.6 Å². The summed E-state index contributed by atoms with van der Waals surface area (Å²) in [6, 6.07) is 0. The lowest BCUT2D eigenvalue weighted by Crippen LogP contribution is -2.71. The van der Waals surface area contributed by atoms with Gasteiger partial charge in [0.2, 0.25) is 5.79 Å². The van der Waals surface area contributed by atoms with E-state index in [0.29, 0.717) is 12.8 Å². The van der Waals surface area contributed by atoms with Crippen LogP contribution in [-0.4, -0.2) is 59.1 Å². The highest BCUT2D eigenvalue weighted by Crippen LogP contribution is 2.31. The summed E-state index contributed by atoms with van der Waals surface area (Å²) in [6.45, 7) is 1.81. The highest BCUT2D eigenvalue weighted by atomic mass is 16.7. The number of aliphatic hydroxyl groups is 6. The summed E-state index contributed by atoms with van der Waals surface area (Å²) in [7, 11) is 0. The van der Waals surface area contributed by atoms with Crippen molar-refractivity contribution in [3.8, 4) is 0 Å². The second-order valence-corrected chi connectivity index (χ2v) is 3.92. The van der Waals surface area contributed by atoms with Gasteiger partial charge < -0.3 is 35.7 Å². The molecule has 0 aromatic rings. The Morgan fingerprint density at radius 1 is 1.00 bits per heavy atom. The molecule has 0 fully saturated rings. The fourth-order valence-corrected chi connectivity index (χ4v) is 1.22. The molecule has 0 aliphatic carbocycles. The molecular weight excluding hydrogens is 236 g/mol. The van der Waals surface area contributed by atoms with Gasteiger partial charge in [0.05, 0.1) is 0 Å². The van der Waals surface area contributed by atoms with Crippen LogP contribution >= 0.6 is 0 Å². The van der Waals surface area contributed by atoms with Crippen LogP contribution in [0.5, 0.6) is 0 Å². The van der Waals surface area contributed by atoms with Gasteiger partial charge in [0, 0.05) is 6.42 Å². The number of rotatable bonds is 7. The lowest BCUT2D eigenvalue weighted by atomic mass is 9.92. The predicted molar refractivity (Wildman–Crippen MR) is 53.3 cm³/mol. The highest BCUT2D eigenvalue weighted by molar-refractivity contribution is 5.76. The summed E-state index contributed by atoms with van der Waals surface area (Å²) in [5, 5.41) is 63.3. The van der Waals surface area contributed by atoms with E-state index >= 15 is 0 Å². The summed E-state index contributed by atoms with van der Waals surface area (Å²) >= 11 is 0. The topological polar surface area (TPSA) is 159 Å². The van der Waals surface area contributed by atoms with Gasteiger partial charge in [-0.15, -0.1) is 0 Å². The van der Waals surface area contributed by atoms with Gasteiger partial charge in [-0.3, -0.25) is 0 Å². The Morgan fingerprint density at radius 2 is 1.47 bits per heavy atom. The standard InChI is InChI=1S/C9H18O8/c1-2-3-4-5-7(12,13)9(16,17)8(14,15)6(10)11/h12-17H,2-5H2,1H3,(H,10,11). The Hall–Kier alpha value is -0.770.